The van der Waals surface area contributed by atoms with Gasteiger partial charge in [-0.2, -0.15) is 0 Å². The van der Waals surface area contributed by atoms with E-state index >= 15 is 0 Å². The van der Waals surface area contributed by atoms with E-state index in [1.165, 1.54) is 0 Å². The summed E-state index contributed by atoms with van der Waals surface area (Å²) in [6, 6.07) is 0. The number of carbonyl (C=O) groups is 1. The van der Waals surface area contributed by atoms with Gasteiger partial charge < -0.3 is 9.84 Å². The van der Waals surface area contributed by atoms with Crippen LogP contribution in [-0.2, 0) is 9.53 Å². The fourth-order valence-corrected chi connectivity index (χ4v) is 2.03. The van der Waals surface area contributed by atoms with Crippen LogP contribution >= 0.6 is 0 Å². The average Bonchev–Trinajstić information content (AvgIpc) is 2.29. The molecule has 0 bridgehead atoms. The van der Waals surface area contributed by atoms with Crippen LogP contribution in [0.25, 0.3) is 0 Å². The highest BCUT2D eigenvalue weighted by molar-refractivity contribution is 5.95. The first-order chi connectivity index (χ1) is 7.89. The third kappa shape index (κ3) is 3.43. The number of rotatable bonds is 5. The summed E-state index contributed by atoms with van der Waals surface area (Å²) in [6.45, 7) is 7.48. The van der Waals surface area contributed by atoms with Crippen molar-refractivity contribution >= 4 is 5.78 Å². The van der Waals surface area contributed by atoms with Crippen molar-refractivity contribution < 1.29 is 14.6 Å². The SMILES string of the molecule is C=C(C)[C@@H](O)CC[C@@]1(C)CCC(OC)=CC1=O. The molecule has 0 saturated heterocycles. The van der Waals surface area contributed by atoms with Gasteiger partial charge in [0, 0.05) is 17.9 Å². The van der Waals surface area contributed by atoms with Crippen molar-refractivity contribution in [2.75, 3.05) is 7.11 Å². The van der Waals surface area contributed by atoms with Crippen LogP contribution in [0.5, 0.6) is 0 Å². The predicted molar refractivity (Wildman–Crippen MR) is 67.5 cm³/mol. The van der Waals surface area contributed by atoms with Crippen molar-refractivity contribution in [1.82, 2.24) is 0 Å². The minimum atomic E-state index is -0.507. The van der Waals surface area contributed by atoms with Gasteiger partial charge in [-0.25, -0.2) is 0 Å². The number of hydrogen-bond acceptors (Lipinski definition) is 3. The van der Waals surface area contributed by atoms with E-state index in [1.54, 1.807) is 20.1 Å². The molecule has 0 aromatic rings. The van der Waals surface area contributed by atoms with Gasteiger partial charge in [-0.05, 0) is 26.2 Å². The Balaban J connectivity index is 2.62. The van der Waals surface area contributed by atoms with E-state index in [9.17, 15) is 9.90 Å². The highest BCUT2D eigenvalue weighted by atomic mass is 16.5. The number of aliphatic hydroxyl groups excluding tert-OH is 1. The lowest BCUT2D eigenvalue weighted by atomic mass is 9.73. The molecule has 0 fully saturated rings. The zero-order chi connectivity index (χ0) is 13.1. The predicted octanol–water partition coefficient (Wildman–Crippen LogP) is 2.60. The van der Waals surface area contributed by atoms with Crippen molar-refractivity contribution in [3.8, 4) is 0 Å². The molecule has 1 N–H and O–H groups in total. The number of ketones is 1. The number of carbonyl (C=O) groups excluding carboxylic acids is 1. The molecule has 3 nitrogen and oxygen atoms in total. The minimum absolute atomic E-state index is 0.106. The standard InChI is InChI=1S/C14H22O3/c1-10(2)12(15)6-8-14(3)7-5-11(17-4)9-13(14)16/h9,12,15H,1,5-8H2,2-4H3/t12-,14+/m0/s1. The van der Waals surface area contributed by atoms with E-state index in [1.807, 2.05) is 6.92 Å². The Morgan fingerprint density at radius 3 is 2.82 bits per heavy atom. The largest absolute Gasteiger partial charge is 0.501 e. The van der Waals surface area contributed by atoms with Crippen molar-refractivity contribution in [3.63, 3.8) is 0 Å². The second-order valence-electron chi connectivity index (χ2n) is 5.14. The zero-order valence-corrected chi connectivity index (χ0v) is 11.0. The van der Waals surface area contributed by atoms with Gasteiger partial charge in [-0.1, -0.05) is 19.1 Å². The third-order valence-corrected chi connectivity index (χ3v) is 3.61. The molecule has 0 unspecified atom stereocenters. The van der Waals surface area contributed by atoms with Gasteiger partial charge in [0.2, 0.25) is 0 Å². The normalized spacial score (nSPS) is 26.4. The summed E-state index contributed by atoms with van der Waals surface area (Å²) in [5.41, 5.74) is 0.392. The summed E-state index contributed by atoms with van der Waals surface area (Å²) in [5.74, 6) is 0.863. The lowest BCUT2D eigenvalue weighted by molar-refractivity contribution is -0.125. The van der Waals surface area contributed by atoms with Crippen LogP contribution in [0.4, 0.5) is 0 Å². The molecule has 0 radical (unpaired) electrons. The molecule has 2 atom stereocenters. The molecule has 1 rings (SSSR count). The topological polar surface area (TPSA) is 46.5 Å². The fourth-order valence-electron chi connectivity index (χ4n) is 2.03. The van der Waals surface area contributed by atoms with E-state index in [2.05, 4.69) is 6.58 Å². The Morgan fingerprint density at radius 1 is 1.71 bits per heavy atom. The molecule has 17 heavy (non-hydrogen) atoms. The molecule has 0 saturated carbocycles. The lowest BCUT2D eigenvalue weighted by Crippen LogP contribution is -2.31. The molecule has 0 amide bonds. The van der Waals surface area contributed by atoms with E-state index in [4.69, 9.17) is 4.74 Å². The molecule has 0 spiro atoms. The van der Waals surface area contributed by atoms with Gasteiger partial charge in [0.05, 0.1) is 19.0 Å². The summed E-state index contributed by atoms with van der Waals surface area (Å²) >= 11 is 0. The molecule has 1 aliphatic rings. The monoisotopic (exact) mass is 238 g/mol. The second-order valence-corrected chi connectivity index (χ2v) is 5.14. The summed E-state index contributed by atoms with van der Waals surface area (Å²) in [7, 11) is 1.59. The number of allylic oxidation sites excluding steroid dienone is 2. The molecular formula is C14H22O3. The van der Waals surface area contributed by atoms with Crippen molar-refractivity contribution in [2.45, 2.75) is 45.6 Å². The third-order valence-electron chi connectivity index (χ3n) is 3.61. The number of aliphatic hydroxyl groups is 1. The second kappa shape index (κ2) is 5.50. The smallest absolute Gasteiger partial charge is 0.164 e. The van der Waals surface area contributed by atoms with Gasteiger partial charge in [0.25, 0.3) is 0 Å². The highest BCUT2D eigenvalue weighted by Gasteiger charge is 2.35. The molecule has 96 valence electrons. The van der Waals surface area contributed by atoms with E-state index in [-0.39, 0.29) is 11.2 Å². The van der Waals surface area contributed by atoms with Crippen LogP contribution in [0, 0.1) is 5.41 Å². The van der Waals surface area contributed by atoms with Crippen LogP contribution in [-0.4, -0.2) is 24.1 Å². The average molecular weight is 238 g/mol. The quantitative estimate of drug-likeness (QED) is 0.749. The molecule has 0 aromatic carbocycles. The van der Waals surface area contributed by atoms with Gasteiger partial charge >= 0.3 is 0 Å². The van der Waals surface area contributed by atoms with Crippen molar-refractivity contribution in [2.24, 2.45) is 5.41 Å². The summed E-state index contributed by atoms with van der Waals surface area (Å²) < 4.78 is 5.10. The molecular weight excluding hydrogens is 216 g/mol. The number of hydrogen-bond donors (Lipinski definition) is 1. The molecule has 0 aliphatic heterocycles. The van der Waals surface area contributed by atoms with Crippen LogP contribution in [0.15, 0.2) is 24.0 Å². The first-order valence-corrected chi connectivity index (χ1v) is 6.01. The summed E-state index contributed by atoms with van der Waals surface area (Å²) in [4.78, 5) is 12.0. The number of methoxy groups -OCH3 is 1. The van der Waals surface area contributed by atoms with E-state index in [0.29, 0.717) is 12.8 Å². The van der Waals surface area contributed by atoms with Crippen LogP contribution in [0.3, 0.4) is 0 Å². The van der Waals surface area contributed by atoms with Gasteiger partial charge in [-0.15, -0.1) is 0 Å². The molecule has 0 heterocycles. The molecule has 1 aliphatic carbocycles. The first-order valence-electron chi connectivity index (χ1n) is 6.01. The summed E-state index contributed by atoms with van der Waals surface area (Å²) in [5, 5.41) is 9.71. The van der Waals surface area contributed by atoms with Gasteiger partial charge in [0.1, 0.15) is 0 Å². The zero-order valence-electron chi connectivity index (χ0n) is 11.0. The highest BCUT2D eigenvalue weighted by Crippen LogP contribution is 2.37. The fraction of sp³-hybridized carbons (Fsp3) is 0.643. The van der Waals surface area contributed by atoms with Crippen LogP contribution in [0.1, 0.15) is 39.5 Å². The Labute approximate surface area is 103 Å². The molecule has 0 aromatic heterocycles. The van der Waals surface area contributed by atoms with E-state index < -0.39 is 6.10 Å². The van der Waals surface area contributed by atoms with Crippen LogP contribution < -0.4 is 0 Å². The van der Waals surface area contributed by atoms with Gasteiger partial charge in [-0.3, -0.25) is 4.79 Å². The van der Waals surface area contributed by atoms with Crippen molar-refractivity contribution in [1.29, 1.82) is 0 Å². The first kappa shape index (κ1) is 14.0. The van der Waals surface area contributed by atoms with Crippen LogP contribution in [0.2, 0.25) is 0 Å². The number of ether oxygens (including phenoxy) is 1. The van der Waals surface area contributed by atoms with E-state index in [0.717, 1.165) is 24.2 Å². The Morgan fingerprint density at radius 2 is 2.35 bits per heavy atom. The summed E-state index contributed by atoms with van der Waals surface area (Å²) in [6.07, 6.45) is 3.95. The Kier molecular flexibility index (Phi) is 4.52. The lowest BCUT2D eigenvalue weighted by Gasteiger charge is -2.31. The Hall–Kier alpha value is -1.09. The maximum absolute atomic E-state index is 12.0. The molecule has 3 heteroatoms. The minimum Gasteiger partial charge on any atom is -0.501 e. The maximum Gasteiger partial charge on any atom is 0.164 e. The Bertz CT molecular complexity index is 343. The van der Waals surface area contributed by atoms with Gasteiger partial charge in [0.15, 0.2) is 5.78 Å². The maximum atomic E-state index is 12.0. The van der Waals surface area contributed by atoms with Crippen molar-refractivity contribution in [3.05, 3.63) is 24.0 Å².